The van der Waals surface area contributed by atoms with Gasteiger partial charge in [-0.05, 0) is 42.5 Å². The number of benzene rings is 2. The molecule has 1 fully saturated rings. The normalized spacial score (nSPS) is 19.9. The van der Waals surface area contributed by atoms with E-state index in [4.69, 9.17) is 0 Å². The van der Waals surface area contributed by atoms with Crippen LogP contribution in [0.4, 0.5) is 5.69 Å². The molecular weight excluding hydrogens is 354 g/mol. The van der Waals surface area contributed by atoms with Gasteiger partial charge < -0.3 is 4.90 Å². The van der Waals surface area contributed by atoms with E-state index in [-0.39, 0.29) is 22.4 Å². The summed E-state index contributed by atoms with van der Waals surface area (Å²) in [4.78, 5) is 28.0. The first-order chi connectivity index (χ1) is 13.6. The summed E-state index contributed by atoms with van der Waals surface area (Å²) in [6, 6.07) is 15.2. The molecule has 0 aromatic heterocycles. The maximum absolute atomic E-state index is 13.1. The monoisotopic (exact) mass is 379 g/mol. The summed E-state index contributed by atoms with van der Waals surface area (Å²) in [5.74, 6) is 0.260. The number of hydrogen-bond acceptors (Lipinski definition) is 4. The number of carbonyl (C=O) groups is 1. The average Bonchev–Trinajstić information content (AvgIpc) is 2.73. The van der Waals surface area contributed by atoms with E-state index >= 15 is 0 Å². The van der Waals surface area contributed by atoms with Crippen molar-refractivity contribution in [3.63, 3.8) is 0 Å². The zero-order chi connectivity index (χ0) is 19.5. The van der Waals surface area contributed by atoms with Crippen LogP contribution in [0.1, 0.15) is 29.5 Å². The zero-order valence-electron chi connectivity index (χ0n) is 15.9. The number of nitro groups is 1. The van der Waals surface area contributed by atoms with Crippen LogP contribution in [0.15, 0.2) is 48.5 Å². The quantitative estimate of drug-likeness (QED) is 0.603. The number of non-ortho nitro benzene ring substituents is 1. The molecule has 146 valence electrons. The van der Waals surface area contributed by atoms with Gasteiger partial charge in [-0.15, -0.1) is 0 Å². The van der Waals surface area contributed by atoms with E-state index in [2.05, 4.69) is 23.1 Å². The number of carbonyl (C=O) groups excluding carboxylic acids is 1. The lowest BCUT2D eigenvalue weighted by Crippen LogP contribution is -2.46. The minimum absolute atomic E-state index is 0.0118. The second kappa shape index (κ2) is 8.10. The minimum Gasteiger partial charge on any atom is -0.338 e. The van der Waals surface area contributed by atoms with Crippen LogP contribution < -0.4 is 0 Å². The highest BCUT2D eigenvalue weighted by Crippen LogP contribution is 2.25. The molecule has 28 heavy (non-hydrogen) atoms. The van der Waals surface area contributed by atoms with Gasteiger partial charge in [-0.1, -0.05) is 36.4 Å². The van der Waals surface area contributed by atoms with Gasteiger partial charge in [0.2, 0.25) is 5.91 Å². The highest BCUT2D eigenvalue weighted by atomic mass is 16.6. The molecule has 0 radical (unpaired) electrons. The van der Waals surface area contributed by atoms with Crippen molar-refractivity contribution >= 4 is 11.6 Å². The number of amides is 1. The van der Waals surface area contributed by atoms with E-state index in [1.165, 1.54) is 17.2 Å². The summed E-state index contributed by atoms with van der Waals surface area (Å²) in [6.45, 7) is 3.79. The smallest absolute Gasteiger partial charge is 0.269 e. The van der Waals surface area contributed by atoms with Crippen LogP contribution in [0.25, 0.3) is 0 Å². The van der Waals surface area contributed by atoms with Crippen LogP contribution in [0, 0.1) is 16.0 Å². The Hall–Kier alpha value is -2.73. The Kier molecular flexibility index (Phi) is 5.39. The number of likely N-dealkylation sites (tertiary alicyclic amines) is 1. The highest BCUT2D eigenvalue weighted by molar-refractivity contribution is 5.79. The topological polar surface area (TPSA) is 66.7 Å². The number of fused-ring (bicyclic) bond motifs is 1. The van der Waals surface area contributed by atoms with Crippen molar-refractivity contribution in [3.05, 3.63) is 75.3 Å². The Morgan fingerprint density at radius 3 is 2.75 bits per heavy atom. The van der Waals surface area contributed by atoms with Crippen molar-refractivity contribution in [1.29, 1.82) is 0 Å². The number of rotatable bonds is 4. The van der Waals surface area contributed by atoms with Crippen LogP contribution in [0.5, 0.6) is 0 Å². The molecule has 2 aliphatic heterocycles. The molecule has 0 saturated carbocycles. The highest BCUT2D eigenvalue weighted by Gasteiger charge is 2.31. The Balaban J connectivity index is 1.39. The van der Waals surface area contributed by atoms with Gasteiger partial charge in [0.25, 0.3) is 5.69 Å². The number of nitrogens with zero attached hydrogens (tertiary/aromatic N) is 3. The summed E-state index contributed by atoms with van der Waals surface area (Å²) in [5, 5.41) is 11.0. The van der Waals surface area contributed by atoms with Crippen molar-refractivity contribution in [2.75, 3.05) is 19.6 Å². The largest absolute Gasteiger partial charge is 0.338 e. The molecule has 6 heteroatoms. The fourth-order valence-electron chi connectivity index (χ4n) is 4.37. The van der Waals surface area contributed by atoms with E-state index in [1.807, 2.05) is 17.0 Å². The second-order valence-electron chi connectivity index (χ2n) is 7.78. The fourth-order valence-corrected chi connectivity index (χ4v) is 4.37. The van der Waals surface area contributed by atoms with Crippen LogP contribution in [0.2, 0.25) is 0 Å². The van der Waals surface area contributed by atoms with E-state index < -0.39 is 0 Å². The molecule has 4 rings (SSSR count). The third-order valence-electron chi connectivity index (χ3n) is 5.82. The van der Waals surface area contributed by atoms with Crippen molar-refractivity contribution in [2.45, 2.75) is 32.4 Å². The minimum atomic E-state index is -0.361. The standard InChI is InChI=1S/C22H25N3O3/c26-22(24-12-10-18-6-1-2-7-19(18)16-24)20-8-4-11-23(15-20)14-17-5-3-9-21(13-17)25(27)28/h1-3,5-7,9,13,20H,4,8,10-12,14-16H2/t20-/m0/s1. The summed E-state index contributed by atoms with van der Waals surface area (Å²) >= 11 is 0. The Morgan fingerprint density at radius 2 is 1.93 bits per heavy atom. The first-order valence-electron chi connectivity index (χ1n) is 9.91. The molecule has 0 N–H and O–H groups in total. The maximum atomic E-state index is 13.1. The molecule has 0 aliphatic carbocycles. The summed E-state index contributed by atoms with van der Waals surface area (Å²) in [7, 11) is 0. The van der Waals surface area contributed by atoms with Gasteiger partial charge in [-0.25, -0.2) is 0 Å². The first kappa shape index (κ1) is 18.6. The molecular formula is C22H25N3O3. The Morgan fingerprint density at radius 1 is 1.11 bits per heavy atom. The summed E-state index contributed by atoms with van der Waals surface area (Å²) in [6.07, 6.45) is 2.82. The molecule has 2 aliphatic rings. The van der Waals surface area contributed by atoms with Crippen LogP contribution in [-0.2, 0) is 24.3 Å². The van der Waals surface area contributed by atoms with Gasteiger partial charge in [-0.2, -0.15) is 0 Å². The fraction of sp³-hybridized carbons (Fsp3) is 0.409. The van der Waals surface area contributed by atoms with Crippen molar-refractivity contribution in [2.24, 2.45) is 5.92 Å². The number of hydrogen-bond donors (Lipinski definition) is 0. The van der Waals surface area contributed by atoms with Gasteiger partial charge in [0.05, 0.1) is 10.8 Å². The molecule has 0 spiro atoms. The van der Waals surface area contributed by atoms with E-state index in [0.29, 0.717) is 13.1 Å². The second-order valence-corrected chi connectivity index (χ2v) is 7.78. The SMILES string of the molecule is O=C([C@H]1CCCN(Cc2cccc([N+](=O)[O-])c2)C1)N1CCc2ccccc2C1. The lowest BCUT2D eigenvalue weighted by molar-refractivity contribution is -0.384. The van der Waals surface area contributed by atoms with Crippen molar-refractivity contribution in [1.82, 2.24) is 9.80 Å². The predicted octanol–water partition coefficient (Wildman–Crippen LogP) is 3.39. The molecule has 0 bridgehead atoms. The summed E-state index contributed by atoms with van der Waals surface area (Å²) < 4.78 is 0. The molecule has 2 aromatic carbocycles. The van der Waals surface area contributed by atoms with Crippen LogP contribution in [-0.4, -0.2) is 40.3 Å². The predicted molar refractivity (Wildman–Crippen MR) is 107 cm³/mol. The van der Waals surface area contributed by atoms with Gasteiger partial charge in [0, 0.05) is 38.3 Å². The van der Waals surface area contributed by atoms with E-state index in [9.17, 15) is 14.9 Å². The van der Waals surface area contributed by atoms with Gasteiger partial charge in [0.15, 0.2) is 0 Å². The lowest BCUT2D eigenvalue weighted by Gasteiger charge is -2.36. The Bertz CT molecular complexity index is 883. The molecule has 2 heterocycles. The van der Waals surface area contributed by atoms with Crippen molar-refractivity contribution in [3.8, 4) is 0 Å². The molecule has 1 saturated heterocycles. The van der Waals surface area contributed by atoms with Crippen molar-refractivity contribution < 1.29 is 9.72 Å². The van der Waals surface area contributed by atoms with E-state index in [1.54, 1.807) is 12.1 Å². The molecule has 0 unspecified atom stereocenters. The zero-order valence-corrected chi connectivity index (χ0v) is 15.9. The van der Waals surface area contributed by atoms with Crippen LogP contribution in [0.3, 0.4) is 0 Å². The third kappa shape index (κ3) is 4.07. The molecule has 6 nitrogen and oxygen atoms in total. The van der Waals surface area contributed by atoms with Gasteiger partial charge >= 0.3 is 0 Å². The third-order valence-corrected chi connectivity index (χ3v) is 5.82. The van der Waals surface area contributed by atoms with Gasteiger partial charge in [0.1, 0.15) is 0 Å². The lowest BCUT2D eigenvalue weighted by atomic mass is 9.93. The first-order valence-corrected chi connectivity index (χ1v) is 9.91. The maximum Gasteiger partial charge on any atom is 0.269 e. The molecule has 1 atom stereocenters. The molecule has 1 amide bonds. The average molecular weight is 379 g/mol. The number of piperidine rings is 1. The molecule has 2 aromatic rings. The van der Waals surface area contributed by atoms with E-state index in [0.717, 1.165) is 44.5 Å². The summed E-state index contributed by atoms with van der Waals surface area (Å²) in [5.41, 5.74) is 3.65. The Labute approximate surface area is 164 Å². The van der Waals surface area contributed by atoms with Crippen LogP contribution >= 0.6 is 0 Å². The van der Waals surface area contributed by atoms with Gasteiger partial charge in [-0.3, -0.25) is 19.8 Å². The number of nitro benzene ring substituents is 1.